The molecule has 0 bridgehead atoms. The fourth-order valence-corrected chi connectivity index (χ4v) is 5.12. The van der Waals surface area contributed by atoms with Crippen LogP contribution in [0.5, 0.6) is 0 Å². The topological polar surface area (TPSA) is 62.7 Å². The lowest BCUT2D eigenvalue weighted by molar-refractivity contribution is -0.142. The van der Waals surface area contributed by atoms with Crippen LogP contribution < -0.4 is 0 Å². The highest BCUT2D eigenvalue weighted by Crippen LogP contribution is 2.47. The zero-order valence-electron chi connectivity index (χ0n) is 18.1. The van der Waals surface area contributed by atoms with Gasteiger partial charge < -0.3 is 14.5 Å². The lowest BCUT2D eigenvalue weighted by atomic mass is 9.89. The van der Waals surface area contributed by atoms with Gasteiger partial charge in [-0.2, -0.15) is 0 Å². The van der Waals surface area contributed by atoms with Crippen molar-refractivity contribution in [3.63, 3.8) is 0 Å². The van der Waals surface area contributed by atoms with E-state index in [-0.39, 0.29) is 11.8 Å². The standard InChI is InChI=1S/C24H25F2N3O3/c1-14-3-4-19(27-15(14)2)22(30)28-9-7-24(8-10-28)23(31)29-20(5-6-21(29)32-24)16-11-17(25)13-18(26)12-16/h3-4,11-13,20-21H,5-10H2,1-2H3/t20-,21+/m0/s1. The number of nitrogens with zero attached hydrogens (tertiary/aromatic N) is 3. The number of pyridine rings is 1. The minimum Gasteiger partial charge on any atom is -0.342 e. The third kappa shape index (κ3) is 3.37. The Balaban J connectivity index is 1.31. The maximum Gasteiger partial charge on any atom is 0.272 e. The summed E-state index contributed by atoms with van der Waals surface area (Å²) in [6.07, 6.45) is 1.59. The van der Waals surface area contributed by atoms with Gasteiger partial charge in [0.2, 0.25) is 0 Å². The third-order valence-corrected chi connectivity index (χ3v) is 7.02. The average Bonchev–Trinajstić information content (AvgIpc) is 3.28. The summed E-state index contributed by atoms with van der Waals surface area (Å²) in [6, 6.07) is 6.60. The predicted molar refractivity (Wildman–Crippen MR) is 112 cm³/mol. The lowest BCUT2D eigenvalue weighted by Gasteiger charge is -2.37. The van der Waals surface area contributed by atoms with Crippen molar-refractivity contribution in [3.05, 3.63) is 64.5 Å². The van der Waals surface area contributed by atoms with Crippen molar-refractivity contribution in [1.82, 2.24) is 14.8 Å². The number of likely N-dealkylation sites (tertiary alicyclic amines) is 1. The van der Waals surface area contributed by atoms with Gasteiger partial charge in [-0.25, -0.2) is 13.8 Å². The van der Waals surface area contributed by atoms with Gasteiger partial charge >= 0.3 is 0 Å². The molecule has 0 radical (unpaired) electrons. The van der Waals surface area contributed by atoms with Gasteiger partial charge in [0, 0.05) is 37.7 Å². The van der Waals surface area contributed by atoms with Gasteiger partial charge in [0.15, 0.2) is 5.60 Å². The Kier molecular flexibility index (Phi) is 5.00. The molecule has 3 saturated heterocycles. The van der Waals surface area contributed by atoms with Crippen LogP contribution in [0.2, 0.25) is 0 Å². The van der Waals surface area contributed by atoms with Crippen LogP contribution in [0.3, 0.4) is 0 Å². The lowest BCUT2D eigenvalue weighted by Crippen LogP contribution is -2.51. The molecule has 5 rings (SSSR count). The number of carbonyl (C=O) groups is 2. The Morgan fingerprint density at radius 3 is 2.44 bits per heavy atom. The molecule has 3 aliphatic rings. The summed E-state index contributed by atoms with van der Waals surface area (Å²) in [4.78, 5) is 34.1. The Bertz CT molecular complexity index is 1080. The second-order valence-electron chi connectivity index (χ2n) is 8.97. The van der Waals surface area contributed by atoms with E-state index in [4.69, 9.17) is 4.74 Å². The number of amides is 2. The summed E-state index contributed by atoms with van der Waals surface area (Å²) in [5.74, 6) is -1.61. The molecule has 6 nitrogen and oxygen atoms in total. The molecule has 0 saturated carbocycles. The van der Waals surface area contributed by atoms with E-state index in [0.29, 0.717) is 50.0 Å². The van der Waals surface area contributed by atoms with Gasteiger partial charge in [0.25, 0.3) is 11.8 Å². The quantitative estimate of drug-likeness (QED) is 0.714. The van der Waals surface area contributed by atoms with Gasteiger partial charge in [-0.05, 0) is 56.0 Å². The fourth-order valence-electron chi connectivity index (χ4n) is 5.12. The monoisotopic (exact) mass is 441 g/mol. The van der Waals surface area contributed by atoms with Gasteiger partial charge in [-0.1, -0.05) is 6.07 Å². The summed E-state index contributed by atoms with van der Waals surface area (Å²) in [5, 5.41) is 0. The first-order chi connectivity index (χ1) is 15.3. The molecule has 3 aliphatic heterocycles. The van der Waals surface area contributed by atoms with E-state index in [0.717, 1.165) is 17.3 Å². The molecule has 32 heavy (non-hydrogen) atoms. The molecule has 1 aromatic heterocycles. The zero-order valence-corrected chi connectivity index (χ0v) is 18.1. The highest BCUT2D eigenvalue weighted by molar-refractivity contribution is 5.93. The first-order valence-corrected chi connectivity index (χ1v) is 11.0. The molecule has 8 heteroatoms. The Labute approximate surface area is 185 Å². The van der Waals surface area contributed by atoms with Gasteiger partial charge in [0.1, 0.15) is 23.6 Å². The molecule has 168 valence electrons. The number of ether oxygens (including phenoxy) is 1. The predicted octanol–water partition coefficient (Wildman–Crippen LogP) is 3.67. The number of rotatable bonds is 2. The minimum atomic E-state index is -0.984. The van der Waals surface area contributed by atoms with Crippen molar-refractivity contribution in [1.29, 1.82) is 0 Å². The van der Waals surface area contributed by atoms with Crippen LogP contribution in [0.15, 0.2) is 30.3 Å². The molecule has 2 amide bonds. The van der Waals surface area contributed by atoms with E-state index in [1.807, 2.05) is 19.9 Å². The van der Waals surface area contributed by atoms with Crippen LogP contribution in [-0.4, -0.2) is 51.5 Å². The summed E-state index contributed by atoms with van der Waals surface area (Å²) in [6.45, 7) is 4.59. The van der Waals surface area contributed by atoms with Crippen molar-refractivity contribution in [2.24, 2.45) is 0 Å². The summed E-state index contributed by atoms with van der Waals surface area (Å²) < 4.78 is 33.8. The maximum atomic E-state index is 13.8. The van der Waals surface area contributed by atoms with E-state index in [1.165, 1.54) is 12.1 Å². The van der Waals surface area contributed by atoms with Crippen molar-refractivity contribution < 1.29 is 23.1 Å². The van der Waals surface area contributed by atoms with Crippen LogP contribution in [0.1, 0.15) is 59.0 Å². The largest absolute Gasteiger partial charge is 0.342 e. The van der Waals surface area contributed by atoms with Crippen molar-refractivity contribution in [2.45, 2.75) is 57.4 Å². The van der Waals surface area contributed by atoms with Crippen molar-refractivity contribution in [3.8, 4) is 0 Å². The fraction of sp³-hybridized carbons (Fsp3) is 0.458. The molecule has 2 atom stereocenters. The molecule has 0 aliphatic carbocycles. The number of hydrogen-bond acceptors (Lipinski definition) is 4. The Morgan fingerprint density at radius 2 is 1.78 bits per heavy atom. The maximum absolute atomic E-state index is 13.8. The smallest absolute Gasteiger partial charge is 0.272 e. The molecule has 2 aromatic rings. The molecule has 0 unspecified atom stereocenters. The van der Waals surface area contributed by atoms with E-state index >= 15 is 0 Å². The van der Waals surface area contributed by atoms with Gasteiger partial charge in [-0.15, -0.1) is 0 Å². The summed E-state index contributed by atoms with van der Waals surface area (Å²) in [5.41, 5.74) is 1.71. The van der Waals surface area contributed by atoms with Crippen molar-refractivity contribution >= 4 is 11.8 Å². The summed E-state index contributed by atoms with van der Waals surface area (Å²) in [7, 11) is 0. The Hall–Kier alpha value is -2.87. The number of benzene rings is 1. The van der Waals surface area contributed by atoms with Crippen LogP contribution in [-0.2, 0) is 9.53 Å². The number of halogens is 2. The zero-order chi connectivity index (χ0) is 22.6. The highest BCUT2D eigenvalue weighted by Gasteiger charge is 2.58. The van der Waals surface area contributed by atoms with E-state index in [9.17, 15) is 18.4 Å². The molecular weight excluding hydrogens is 416 g/mol. The first-order valence-electron chi connectivity index (χ1n) is 11.0. The second kappa shape index (κ2) is 7.62. The number of piperidine rings is 1. The first kappa shape index (κ1) is 21.0. The van der Waals surface area contributed by atoms with Crippen LogP contribution in [0.25, 0.3) is 0 Å². The summed E-state index contributed by atoms with van der Waals surface area (Å²) >= 11 is 0. The van der Waals surface area contributed by atoms with E-state index < -0.39 is 29.5 Å². The van der Waals surface area contributed by atoms with Crippen LogP contribution in [0, 0.1) is 25.5 Å². The van der Waals surface area contributed by atoms with Crippen LogP contribution in [0.4, 0.5) is 8.78 Å². The molecule has 3 fully saturated rings. The number of aryl methyl sites for hydroxylation is 2. The second-order valence-corrected chi connectivity index (χ2v) is 8.97. The Morgan fingerprint density at radius 1 is 1.09 bits per heavy atom. The molecule has 0 N–H and O–H groups in total. The van der Waals surface area contributed by atoms with Crippen molar-refractivity contribution in [2.75, 3.05) is 13.1 Å². The number of fused-ring (bicyclic) bond motifs is 1. The normalized spacial score (nSPS) is 24.3. The molecular formula is C24H25F2N3O3. The number of hydrogen-bond donors (Lipinski definition) is 0. The molecule has 1 spiro atoms. The van der Waals surface area contributed by atoms with Gasteiger partial charge in [-0.3, -0.25) is 9.59 Å². The SMILES string of the molecule is Cc1ccc(C(=O)N2CCC3(CC2)O[C@@H]2CC[C@@H](c4cc(F)cc(F)c4)N2C3=O)nc1C. The van der Waals surface area contributed by atoms with Crippen LogP contribution >= 0.6 is 0 Å². The minimum absolute atomic E-state index is 0.147. The van der Waals surface area contributed by atoms with E-state index in [2.05, 4.69) is 4.98 Å². The number of aromatic nitrogens is 1. The molecule has 1 aromatic carbocycles. The van der Waals surface area contributed by atoms with Gasteiger partial charge in [0.05, 0.1) is 6.04 Å². The average molecular weight is 441 g/mol. The number of carbonyl (C=O) groups excluding carboxylic acids is 2. The highest BCUT2D eigenvalue weighted by atomic mass is 19.1. The van der Waals surface area contributed by atoms with E-state index in [1.54, 1.807) is 15.9 Å². The third-order valence-electron chi connectivity index (χ3n) is 7.02. The molecule has 4 heterocycles.